The summed E-state index contributed by atoms with van der Waals surface area (Å²) in [6.45, 7) is 3.15. The largest absolute Gasteiger partial charge is 0.335 e. The first-order chi connectivity index (χ1) is 13.6. The van der Waals surface area contributed by atoms with Gasteiger partial charge in [-0.05, 0) is 55.5 Å². The molecule has 1 saturated carbocycles. The quantitative estimate of drug-likeness (QED) is 0.848. The fourth-order valence-corrected chi connectivity index (χ4v) is 4.17. The van der Waals surface area contributed by atoms with Gasteiger partial charge in [-0.2, -0.15) is 0 Å². The first-order valence-corrected chi connectivity index (χ1v) is 10.1. The van der Waals surface area contributed by atoms with Gasteiger partial charge in [0.05, 0.1) is 0 Å². The van der Waals surface area contributed by atoms with Crippen LogP contribution in [0, 0.1) is 6.92 Å². The lowest BCUT2D eigenvalue weighted by Crippen LogP contribution is -2.40. The average molecular weight is 377 g/mol. The molecule has 1 aliphatic carbocycles. The van der Waals surface area contributed by atoms with E-state index in [9.17, 15) is 9.59 Å². The highest BCUT2D eigenvalue weighted by Crippen LogP contribution is 2.30. The van der Waals surface area contributed by atoms with Crippen molar-refractivity contribution in [2.45, 2.75) is 51.6 Å². The molecule has 0 aromatic heterocycles. The van der Waals surface area contributed by atoms with Crippen molar-refractivity contribution in [3.63, 3.8) is 0 Å². The van der Waals surface area contributed by atoms with Crippen LogP contribution in [0.5, 0.6) is 0 Å². The van der Waals surface area contributed by atoms with Crippen LogP contribution in [0.3, 0.4) is 0 Å². The second-order valence-electron chi connectivity index (χ2n) is 7.85. The van der Waals surface area contributed by atoms with E-state index in [0.717, 1.165) is 36.1 Å². The second kappa shape index (κ2) is 8.05. The average Bonchev–Trinajstić information content (AvgIpc) is 3.35. The van der Waals surface area contributed by atoms with Crippen molar-refractivity contribution in [2.24, 2.45) is 0 Å². The number of aryl methyl sites for hydroxylation is 1. The van der Waals surface area contributed by atoms with Gasteiger partial charge < -0.3 is 15.5 Å². The molecule has 1 fully saturated rings. The zero-order valence-electron chi connectivity index (χ0n) is 16.3. The second-order valence-corrected chi connectivity index (χ2v) is 7.85. The maximum atomic E-state index is 13.0. The number of nitrogens with zero attached hydrogens (tertiary/aromatic N) is 1. The Hall–Kier alpha value is -2.82. The third-order valence-electron chi connectivity index (χ3n) is 5.70. The maximum absolute atomic E-state index is 13.0. The molecule has 0 saturated heterocycles. The molecule has 0 atom stereocenters. The van der Waals surface area contributed by atoms with Crippen LogP contribution in [0.2, 0.25) is 0 Å². The summed E-state index contributed by atoms with van der Waals surface area (Å²) in [5, 5.41) is 5.99. The lowest BCUT2D eigenvalue weighted by atomic mass is 10.1. The van der Waals surface area contributed by atoms with Crippen molar-refractivity contribution < 1.29 is 9.59 Å². The minimum absolute atomic E-state index is 0.0338. The Morgan fingerprint density at radius 2 is 1.93 bits per heavy atom. The molecular formula is C23H27N3O2. The Balaban J connectivity index is 1.43. The van der Waals surface area contributed by atoms with E-state index in [-0.39, 0.29) is 11.9 Å². The molecule has 1 heterocycles. The van der Waals surface area contributed by atoms with Crippen LogP contribution in [0.25, 0.3) is 0 Å². The van der Waals surface area contributed by atoms with Crippen LogP contribution >= 0.6 is 0 Å². The van der Waals surface area contributed by atoms with Crippen molar-refractivity contribution in [3.05, 3.63) is 64.7 Å². The number of hydrogen-bond acceptors (Lipinski definition) is 2. The molecule has 0 unspecified atom stereocenters. The number of carbonyl (C=O) groups is 2. The summed E-state index contributed by atoms with van der Waals surface area (Å²) in [7, 11) is 0. The highest BCUT2D eigenvalue weighted by molar-refractivity contribution is 6.07. The fourth-order valence-electron chi connectivity index (χ4n) is 4.17. The third kappa shape index (κ3) is 4.03. The molecule has 1 aliphatic heterocycles. The topological polar surface area (TPSA) is 61.4 Å². The normalized spacial score (nSPS) is 16.1. The highest BCUT2D eigenvalue weighted by Gasteiger charge is 2.26. The summed E-state index contributed by atoms with van der Waals surface area (Å²) in [6, 6.07) is 14.1. The van der Waals surface area contributed by atoms with E-state index >= 15 is 0 Å². The molecule has 4 rings (SSSR count). The van der Waals surface area contributed by atoms with Crippen LogP contribution in [-0.4, -0.2) is 24.5 Å². The van der Waals surface area contributed by atoms with Crippen molar-refractivity contribution in [3.8, 4) is 0 Å². The molecule has 28 heavy (non-hydrogen) atoms. The van der Waals surface area contributed by atoms with Gasteiger partial charge in [0.2, 0.25) is 0 Å². The van der Waals surface area contributed by atoms with Crippen LogP contribution in [0.4, 0.5) is 10.5 Å². The van der Waals surface area contributed by atoms with Crippen molar-refractivity contribution in [2.75, 3.05) is 11.4 Å². The number of urea groups is 1. The van der Waals surface area contributed by atoms with Gasteiger partial charge >= 0.3 is 6.03 Å². The van der Waals surface area contributed by atoms with Gasteiger partial charge in [-0.25, -0.2) is 4.79 Å². The van der Waals surface area contributed by atoms with E-state index in [1.165, 1.54) is 18.4 Å². The van der Waals surface area contributed by atoms with Crippen LogP contribution in [0.1, 0.15) is 52.7 Å². The van der Waals surface area contributed by atoms with Gasteiger partial charge in [-0.1, -0.05) is 42.7 Å². The molecular weight excluding hydrogens is 350 g/mol. The molecule has 2 aromatic rings. The number of carbonyl (C=O) groups excluding carboxylic acids is 2. The number of hydrogen-bond donors (Lipinski definition) is 2. The third-order valence-corrected chi connectivity index (χ3v) is 5.70. The van der Waals surface area contributed by atoms with Crippen LogP contribution in [0.15, 0.2) is 42.5 Å². The molecule has 146 valence electrons. The number of rotatable bonds is 4. The molecule has 0 radical (unpaired) electrons. The zero-order valence-corrected chi connectivity index (χ0v) is 16.3. The first-order valence-electron chi connectivity index (χ1n) is 10.1. The summed E-state index contributed by atoms with van der Waals surface area (Å²) in [5.74, 6) is 0.0338. The molecule has 2 N–H and O–H groups in total. The highest BCUT2D eigenvalue weighted by atomic mass is 16.2. The molecule has 0 bridgehead atoms. The smallest absolute Gasteiger partial charge is 0.315 e. The summed E-state index contributed by atoms with van der Waals surface area (Å²) in [5.41, 5.74) is 4.94. The van der Waals surface area contributed by atoms with Crippen LogP contribution in [-0.2, 0) is 13.0 Å². The number of amides is 3. The predicted molar refractivity (Wildman–Crippen MR) is 111 cm³/mol. The van der Waals surface area contributed by atoms with Gasteiger partial charge in [-0.3, -0.25) is 4.79 Å². The number of nitrogens with one attached hydrogen (secondary N) is 2. The lowest BCUT2D eigenvalue weighted by molar-refractivity contribution is 0.0989. The Labute approximate surface area is 166 Å². The van der Waals surface area contributed by atoms with Crippen molar-refractivity contribution in [1.82, 2.24) is 10.6 Å². The SMILES string of the molecule is Cc1cccc(C(=O)N2CCc3ccc(CNC(=O)NC4CCCC4)cc32)c1. The predicted octanol–water partition coefficient (Wildman–Crippen LogP) is 3.94. The standard InChI is InChI=1S/C23H27N3O2/c1-16-5-4-6-19(13-16)22(27)26-12-11-18-10-9-17(14-21(18)26)15-24-23(28)25-20-7-2-3-8-20/h4-6,9-10,13-14,20H,2-3,7-8,11-12,15H2,1H3,(H2,24,25,28). The molecule has 2 aromatic carbocycles. The number of fused-ring (bicyclic) bond motifs is 1. The van der Waals surface area contributed by atoms with Crippen molar-refractivity contribution in [1.29, 1.82) is 0 Å². The van der Waals surface area contributed by atoms with Crippen LogP contribution < -0.4 is 15.5 Å². The van der Waals surface area contributed by atoms with Crippen molar-refractivity contribution >= 4 is 17.6 Å². The molecule has 0 spiro atoms. The van der Waals surface area contributed by atoms with E-state index in [1.54, 1.807) is 0 Å². The summed E-state index contributed by atoms with van der Waals surface area (Å²) >= 11 is 0. The Morgan fingerprint density at radius 3 is 2.71 bits per heavy atom. The van der Waals surface area contributed by atoms with E-state index in [4.69, 9.17) is 0 Å². The molecule has 2 aliphatic rings. The van der Waals surface area contributed by atoms with E-state index in [1.807, 2.05) is 48.2 Å². The monoisotopic (exact) mass is 377 g/mol. The Morgan fingerprint density at radius 1 is 1.11 bits per heavy atom. The van der Waals surface area contributed by atoms with E-state index in [2.05, 4.69) is 16.7 Å². The Bertz CT molecular complexity index is 887. The zero-order chi connectivity index (χ0) is 19.5. The first kappa shape index (κ1) is 18.5. The van der Waals surface area contributed by atoms with E-state index in [0.29, 0.717) is 24.7 Å². The number of benzene rings is 2. The minimum atomic E-state index is -0.111. The molecule has 3 amide bonds. The summed E-state index contributed by atoms with van der Waals surface area (Å²) in [6.07, 6.45) is 5.40. The Kier molecular flexibility index (Phi) is 5.33. The van der Waals surface area contributed by atoms with Gasteiger partial charge in [0.25, 0.3) is 5.91 Å². The van der Waals surface area contributed by atoms with Gasteiger partial charge in [-0.15, -0.1) is 0 Å². The van der Waals surface area contributed by atoms with Gasteiger partial charge in [0, 0.05) is 30.4 Å². The van der Waals surface area contributed by atoms with Gasteiger partial charge in [0.15, 0.2) is 0 Å². The maximum Gasteiger partial charge on any atom is 0.315 e. The molecule has 5 nitrogen and oxygen atoms in total. The fraction of sp³-hybridized carbons (Fsp3) is 0.391. The summed E-state index contributed by atoms with van der Waals surface area (Å²) < 4.78 is 0. The number of anilines is 1. The lowest BCUT2D eigenvalue weighted by Gasteiger charge is -2.19. The minimum Gasteiger partial charge on any atom is -0.335 e. The van der Waals surface area contributed by atoms with Gasteiger partial charge in [0.1, 0.15) is 0 Å². The molecule has 5 heteroatoms. The summed E-state index contributed by atoms with van der Waals surface area (Å²) in [4.78, 5) is 26.9. The van der Waals surface area contributed by atoms with E-state index < -0.39 is 0 Å².